The monoisotopic (exact) mass is 474 g/mol. The number of benzene rings is 3. The first-order chi connectivity index (χ1) is 16.9. The van der Waals surface area contributed by atoms with Crippen LogP contribution in [0.2, 0.25) is 0 Å². The van der Waals surface area contributed by atoms with Gasteiger partial charge in [-0.15, -0.1) is 0 Å². The maximum atomic E-state index is 11.4. The van der Waals surface area contributed by atoms with Crippen molar-refractivity contribution in [3.8, 4) is 5.88 Å². The molecule has 0 saturated carbocycles. The topological polar surface area (TPSA) is 158 Å². The van der Waals surface area contributed by atoms with E-state index in [-0.39, 0.29) is 24.8 Å². The summed E-state index contributed by atoms with van der Waals surface area (Å²) < 4.78 is 0. The Kier molecular flexibility index (Phi) is 6.92. The zero-order valence-corrected chi connectivity index (χ0v) is 18.9. The fourth-order valence-electron chi connectivity index (χ4n) is 4.19. The van der Waals surface area contributed by atoms with Gasteiger partial charge in [0.1, 0.15) is 0 Å². The number of nitro benzene ring substituents is 1. The van der Waals surface area contributed by atoms with Crippen molar-refractivity contribution in [1.82, 2.24) is 4.98 Å². The van der Waals surface area contributed by atoms with E-state index in [9.17, 15) is 25.4 Å². The number of rotatable bonds is 9. The summed E-state index contributed by atoms with van der Waals surface area (Å²) in [6, 6.07) is 20.7. The van der Waals surface area contributed by atoms with Crippen LogP contribution in [0.4, 0.5) is 11.4 Å². The zero-order chi connectivity index (χ0) is 25.0. The number of aliphatic imine (C=N–C) groups is 1. The van der Waals surface area contributed by atoms with Gasteiger partial charge in [-0.2, -0.15) is 0 Å². The number of non-ortho nitro benzene ring substituents is 1. The highest BCUT2D eigenvalue weighted by Crippen LogP contribution is 2.34. The van der Waals surface area contributed by atoms with Crippen molar-refractivity contribution in [2.75, 3.05) is 13.2 Å². The first kappa shape index (κ1) is 24.1. The van der Waals surface area contributed by atoms with Crippen molar-refractivity contribution in [3.63, 3.8) is 0 Å². The Balaban J connectivity index is 1.85. The molecular formula is C26H26N4O5. The van der Waals surface area contributed by atoms with Crippen LogP contribution in [0.3, 0.4) is 0 Å². The fourth-order valence-corrected chi connectivity index (χ4v) is 4.19. The maximum absolute atomic E-state index is 11.4. The second-order valence-corrected chi connectivity index (χ2v) is 8.31. The lowest BCUT2D eigenvalue weighted by Crippen LogP contribution is -2.38. The molecule has 0 unspecified atom stereocenters. The van der Waals surface area contributed by atoms with Crippen molar-refractivity contribution in [3.05, 3.63) is 99.6 Å². The van der Waals surface area contributed by atoms with Gasteiger partial charge in [-0.05, 0) is 36.6 Å². The molecule has 0 aliphatic rings. The maximum Gasteiger partial charge on any atom is 0.270 e. The molecule has 0 aliphatic heterocycles. The second-order valence-electron chi connectivity index (χ2n) is 8.31. The first-order valence-corrected chi connectivity index (χ1v) is 11.1. The summed E-state index contributed by atoms with van der Waals surface area (Å²) in [6.07, 6.45) is 0.598. The highest BCUT2D eigenvalue weighted by atomic mass is 16.6. The lowest BCUT2D eigenvalue weighted by molar-refractivity contribution is -0.384. The number of hydrogen-bond donors (Lipinski definition) is 5. The van der Waals surface area contributed by atoms with Crippen molar-refractivity contribution >= 4 is 28.0 Å². The normalized spacial score (nSPS) is 12.3. The standard InChI is InChI=1S/C26H26N4O5/c27-26(12-14-31,13-15-32)18-6-8-19(9-7-18)28-24(17-4-2-1-3-5-17)23-21-16-20(30(34)35)10-11-22(21)29-25(23)33/h1-11,16,29,31-33H,12-15,27H2. The number of H-pyrrole nitrogens is 1. The molecule has 0 spiro atoms. The van der Waals surface area contributed by atoms with E-state index in [0.717, 1.165) is 5.56 Å². The van der Waals surface area contributed by atoms with E-state index in [4.69, 9.17) is 10.7 Å². The van der Waals surface area contributed by atoms with Crippen LogP contribution in [-0.4, -0.2) is 44.2 Å². The number of nitro groups is 1. The first-order valence-electron chi connectivity index (χ1n) is 11.1. The average molecular weight is 475 g/mol. The van der Waals surface area contributed by atoms with E-state index in [1.807, 2.05) is 30.3 Å². The van der Waals surface area contributed by atoms with Gasteiger partial charge < -0.3 is 26.0 Å². The quantitative estimate of drug-likeness (QED) is 0.141. The highest BCUT2D eigenvalue weighted by Gasteiger charge is 2.26. The Labute approximate surface area is 201 Å². The molecular weight excluding hydrogens is 448 g/mol. The number of aliphatic hydroxyl groups is 2. The Hall–Kier alpha value is -4.05. The average Bonchev–Trinajstić information content (AvgIpc) is 3.18. The van der Waals surface area contributed by atoms with Gasteiger partial charge in [0, 0.05) is 47.4 Å². The van der Waals surface area contributed by atoms with Crippen molar-refractivity contribution in [1.29, 1.82) is 0 Å². The number of nitrogens with one attached hydrogen (secondary N) is 1. The largest absolute Gasteiger partial charge is 0.494 e. The Morgan fingerprint density at radius 2 is 1.66 bits per heavy atom. The van der Waals surface area contributed by atoms with Gasteiger partial charge >= 0.3 is 0 Å². The lowest BCUT2D eigenvalue weighted by Gasteiger charge is -2.28. The number of fused-ring (bicyclic) bond motifs is 1. The minimum Gasteiger partial charge on any atom is -0.494 e. The number of aromatic hydroxyl groups is 1. The smallest absolute Gasteiger partial charge is 0.270 e. The third kappa shape index (κ3) is 4.92. The Morgan fingerprint density at radius 1 is 1.00 bits per heavy atom. The number of aliphatic hydroxyl groups excluding tert-OH is 2. The van der Waals surface area contributed by atoms with Crippen LogP contribution in [0.5, 0.6) is 5.88 Å². The second kappa shape index (κ2) is 10.1. The molecule has 1 aromatic heterocycles. The summed E-state index contributed by atoms with van der Waals surface area (Å²) in [4.78, 5) is 18.6. The zero-order valence-electron chi connectivity index (χ0n) is 18.9. The van der Waals surface area contributed by atoms with Gasteiger partial charge in [-0.1, -0.05) is 42.5 Å². The van der Waals surface area contributed by atoms with E-state index in [1.54, 1.807) is 30.3 Å². The van der Waals surface area contributed by atoms with Crippen LogP contribution in [-0.2, 0) is 5.54 Å². The minimum atomic E-state index is -0.873. The molecule has 4 rings (SSSR count). The van der Waals surface area contributed by atoms with Crippen LogP contribution in [0.15, 0.2) is 77.8 Å². The number of nitrogens with two attached hydrogens (primary N) is 1. The van der Waals surface area contributed by atoms with Crippen LogP contribution < -0.4 is 5.73 Å². The number of hydrogen-bond acceptors (Lipinski definition) is 7. The van der Waals surface area contributed by atoms with E-state index >= 15 is 0 Å². The molecule has 3 aromatic carbocycles. The van der Waals surface area contributed by atoms with Crippen LogP contribution in [0.25, 0.3) is 10.9 Å². The van der Waals surface area contributed by atoms with Gasteiger partial charge in [0.25, 0.3) is 5.69 Å². The third-order valence-corrected chi connectivity index (χ3v) is 6.06. The molecule has 0 aliphatic carbocycles. The molecule has 9 heteroatoms. The van der Waals surface area contributed by atoms with Gasteiger partial charge in [0.2, 0.25) is 0 Å². The molecule has 0 radical (unpaired) electrons. The summed E-state index contributed by atoms with van der Waals surface area (Å²) in [7, 11) is 0. The molecule has 9 nitrogen and oxygen atoms in total. The van der Waals surface area contributed by atoms with Crippen LogP contribution in [0.1, 0.15) is 29.5 Å². The summed E-state index contributed by atoms with van der Waals surface area (Å²) in [6.45, 7) is -0.221. The minimum absolute atomic E-state index is 0.0958. The van der Waals surface area contributed by atoms with Gasteiger partial charge in [0.15, 0.2) is 5.88 Å². The number of nitrogens with zero attached hydrogens (tertiary/aromatic N) is 2. The fraction of sp³-hybridized carbons (Fsp3) is 0.192. The van der Waals surface area contributed by atoms with Gasteiger partial charge in [0.05, 0.1) is 21.9 Å². The van der Waals surface area contributed by atoms with E-state index in [1.165, 1.54) is 12.1 Å². The summed E-state index contributed by atoms with van der Waals surface area (Å²) in [5.74, 6) is -0.147. The van der Waals surface area contributed by atoms with E-state index in [0.29, 0.717) is 46.3 Å². The predicted octanol–water partition coefficient (Wildman–Crippen LogP) is 3.87. The summed E-state index contributed by atoms with van der Waals surface area (Å²) in [5.41, 5.74) is 8.84. The summed E-state index contributed by atoms with van der Waals surface area (Å²) >= 11 is 0. The van der Waals surface area contributed by atoms with E-state index in [2.05, 4.69) is 4.98 Å². The van der Waals surface area contributed by atoms with Crippen LogP contribution in [0, 0.1) is 10.1 Å². The molecule has 0 atom stereocenters. The molecule has 0 bridgehead atoms. The number of aromatic amines is 1. The predicted molar refractivity (Wildman–Crippen MR) is 134 cm³/mol. The van der Waals surface area contributed by atoms with Crippen molar-refractivity contribution in [2.45, 2.75) is 18.4 Å². The number of aromatic nitrogens is 1. The van der Waals surface area contributed by atoms with Crippen molar-refractivity contribution < 1.29 is 20.2 Å². The highest BCUT2D eigenvalue weighted by molar-refractivity contribution is 6.22. The van der Waals surface area contributed by atoms with Crippen molar-refractivity contribution in [2.24, 2.45) is 10.7 Å². The third-order valence-electron chi connectivity index (χ3n) is 6.06. The lowest BCUT2D eigenvalue weighted by atomic mass is 9.85. The molecule has 180 valence electrons. The van der Waals surface area contributed by atoms with Gasteiger partial charge in [-0.25, -0.2) is 4.99 Å². The molecule has 4 aromatic rings. The van der Waals surface area contributed by atoms with Gasteiger partial charge in [-0.3, -0.25) is 10.1 Å². The Morgan fingerprint density at radius 3 is 2.26 bits per heavy atom. The molecule has 0 saturated heterocycles. The molecule has 1 heterocycles. The SMILES string of the molecule is NC(CCO)(CCO)c1ccc(N=C(c2ccccc2)c2c(O)[nH]c3ccc([N+](=O)[O-])cc23)cc1. The molecule has 0 fully saturated rings. The van der Waals surface area contributed by atoms with E-state index < -0.39 is 10.5 Å². The Bertz CT molecular complexity index is 1360. The molecule has 35 heavy (non-hydrogen) atoms. The molecule has 0 amide bonds. The summed E-state index contributed by atoms with van der Waals surface area (Å²) in [5, 5.41) is 41.4. The van der Waals surface area contributed by atoms with Crippen LogP contribution >= 0.6 is 0 Å². The molecule has 6 N–H and O–H groups in total.